The van der Waals surface area contributed by atoms with Gasteiger partial charge in [-0.25, -0.2) is 0 Å². The smallest absolute Gasteiger partial charge is 0.0276 e. The van der Waals surface area contributed by atoms with Crippen LogP contribution in [0.25, 0.3) is 0 Å². The molecule has 0 atom stereocenters. The van der Waals surface area contributed by atoms with Crippen molar-refractivity contribution in [2.45, 2.75) is 33.1 Å². The van der Waals surface area contributed by atoms with E-state index in [1.54, 1.807) is 0 Å². The second kappa shape index (κ2) is 5.67. The van der Waals surface area contributed by atoms with E-state index in [1.807, 2.05) is 0 Å². The lowest BCUT2D eigenvalue weighted by molar-refractivity contribution is 0.820. The first-order valence-electron chi connectivity index (χ1n) is 6.35. The molecule has 0 heteroatoms. The van der Waals surface area contributed by atoms with Crippen LogP contribution in [-0.2, 0) is 12.8 Å². The van der Waals surface area contributed by atoms with E-state index in [1.165, 1.54) is 41.5 Å². The minimum Gasteiger partial charge on any atom is -0.0617 e. The van der Waals surface area contributed by atoms with E-state index in [0.717, 1.165) is 0 Å². The summed E-state index contributed by atoms with van der Waals surface area (Å²) >= 11 is 0. The molecule has 0 bridgehead atoms. The summed E-state index contributed by atoms with van der Waals surface area (Å²) in [7, 11) is 0. The molecule has 0 unspecified atom stereocenters. The summed E-state index contributed by atoms with van der Waals surface area (Å²) in [5.74, 6) is 0. The summed E-state index contributed by atoms with van der Waals surface area (Å²) in [6.07, 6.45) is 3.58. The van der Waals surface area contributed by atoms with Gasteiger partial charge in [-0.15, -0.1) is 0 Å². The minimum absolute atomic E-state index is 1.17. The van der Waals surface area contributed by atoms with E-state index < -0.39 is 0 Å². The molecular formula is C17H20. The van der Waals surface area contributed by atoms with Gasteiger partial charge < -0.3 is 0 Å². The molecule has 17 heavy (non-hydrogen) atoms. The maximum atomic E-state index is 2.29. The van der Waals surface area contributed by atoms with Gasteiger partial charge in [0.25, 0.3) is 0 Å². The molecule has 0 aliphatic rings. The molecule has 0 aromatic heterocycles. The molecule has 0 N–H and O–H groups in total. The molecule has 0 saturated heterocycles. The largest absolute Gasteiger partial charge is 0.0617 e. The van der Waals surface area contributed by atoms with Gasteiger partial charge in [0.1, 0.15) is 0 Å². The van der Waals surface area contributed by atoms with Crippen molar-refractivity contribution < 1.29 is 0 Å². The van der Waals surface area contributed by atoms with Crippen molar-refractivity contribution in [3.05, 3.63) is 70.8 Å². The average Bonchev–Trinajstić information content (AvgIpc) is 2.32. The molecule has 2 rings (SSSR count). The van der Waals surface area contributed by atoms with Gasteiger partial charge in [-0.2, -0.15) is 0 Å². The molecular weight excluding hydrogens is 204 g/mol. The lowest BCUT2D eigenvalue weighted by Gasteiger charge is -2.04. The van der Waals surface area contributed by atoms with Crippen LogP contribution in [0.1, 0.15) is 28.7 Å². The Labute approximate surface area is 104 Å². The lowest BCUT2D eigenvalue weighted by Crippen LogP contribution is -1.90. The third-order valence-corrected chi connectivity index (χ3v) is 3.13. The Morgan fingerprint density at radius 2 is 1.41 bits per heavy atom. The Kier molecular flexibility index (Phi) is 3.98. The zero-order chi connectivity index (χ0) is 12.1. The highest BCUT2D eigenvalue weighted by molar-refractivity contribution is 5.23. The Morgan fingerprint density at radius 1 is 0.706 bits per heavy atom. The van der Waals surface area contributed by atoms with Crippen LogP contribution in [0.4, 0.5) is 0 Å². The predicted octanol–water partition coefficient (Wildman–Crippen LogP) is 4.48. The van der Waals surface area contributed by atoms with E-state index in [9.17, 15) is 0 Å². The van der Waals surface area contributed by atoms with Crippen molar-refractivity contribution >= 4 is 0 Å². The van der Waals surface area contributed by atoms with Gasteiger partial charge >= 0.3 is 0 Å². The number of hydrogen-bond donors (Lipinski definition) is 0. The first-order chi connectivity index (χ1) is 8.24. The molecule has 2 aromatic carbocycles. The molecule has 0 aliphatic carbocycles. The highest BCUT2D eigenvalue weighted by Gasteiger charge is 1.96. The molecule has 0 aliphatic heterocycles. The Bertz CT molecular complexity index is 466. The first-order valence-corrected chi connectivity index (χ1v) is 6.35. The Hall–Kier alpha value is -1.56. The standard InChI is InChI=1S/C17H20/c1-14-9-11-16(12-10-14)6-4-8-17-7-3-5-15(2)13-17/h3,5,7,9-13H,4,6,8H2,1-2H3. The molecule has 0 saturated carbocycles. The third-order valence-electron chi connectivity index (χ3n) is 3.13. The molecule has 2 aromatic rings. The van der Waals surface area contributed by atoms with Gasteiger partial charge in [0.05, 0.1) is 0 Å². The fourth-order valence-electron chi connectivity index (χ4n) is 2.12. The quantitative estimate of drug-likeness (QED) is 0.718. The first kappa shape index (κ1) is 11.9. The van der Waals surface area contributed by atoms with Crippen LogP contribution >= 0.6 is 0 Å². The fourth-order valence-corrected chi connectivity index (χ4v) is 2.12. The van der Waals surface area contributed by atoms with Crippen molar-refractivity contribution in [3.8, 4) is 0 Å². The van der Waals surface area contributed by atoms with Crippen molar-refractivity contribution in [2.24, 2.45) is 0 Å². The SMILES string of the molecule is Cc1ccc(CCCc2cccc(C)c2)cc1. The number of aryl methyl sites for hydroxylation is 4. The lowest BCUT2D eigenvalue weighted by atomic mass is 10.0. The van der Waals surface area contributed by atoms with E-state index in [2.05, 4.69) is 62.4 Å². The van der Waals surface area contributed by atoms with Crippen LogP contribution in [-0.4, -0.2) is 0 Å². The van der Waals surface area contributed by atoms with Crippen LogP contribution in [0, 0.1) is 13.8 Å². The number of hydrogen-bond acceptors (Lipinski definition) is 0. The number of benzene rings is 2. The topological polar surface area (TPSA) is 0 Å². The second-order valence-electron chi connectivity index (χ2n) is 4.83. The van der Waals surface area contributed by atoms with E-state index >= 15 is 0 Å². The monoisotopic (exact) mass is 224 g/mol. The average molecular weight is 224 g/mol. The van der Waals surface area contributed by atoms with Crippen LogP contribution in [0.3, 0.4) is 0 Å². The summed E-state index contributed by atoms with van der Waals surface area (Å²) < 4.78 is 0. The van der Waals surface area contributed by atoms with Crippen LogP contribution in [0.15, 0.2) is 48.5 Å². The van der Waals surface area contributed by atoms with Crippen molar-refractivity contribution in [1.82, 2.24) is 0 Å². The fraction of sp³-hybridized carbons (Fsp3) is 0.294. The highest BCUT2D eigenvalue weighted by Crippen LogP contribution is 2.10. The third kappa shape index (κ3) is 3.74. The van der Waals surface area contributed by atoms with Gasteiger partial charge in [-0.1, -0.05) is 59.7 Å². The molecule has 0 radical (unpaired) electrons. The van der Waals surface area contributed by atoms with Crippen LogP contribution in [0.5, 0.6) is 0 Å². The number of rotatable bonds is 4. The van der Waals surface area contributed by atoms with Gasteiger partial charge in [0.2, 0.25) is 0 Å². The maximum Gasteiger partial charge on any atom is -0.0276 e. The van der Waals surface area contributed by atoms with E-state index in [-0.39, 0.29) is 0 Å². The van der Waals surface area contributed by atoms with Crippen molar-refractivity contribution in [3.63, 3.8) is 0 Å². The summed E-state index contributed by atoms with van der Waals surface area (Å²) in [5, 5.41) is 0. The highest BCUT2D eigenvalue weighted by atomic mass is 14.0. The summed E-state index contributed by atoms with van der Waals surface area (Å²) in [4.78, 5) is 0. The molecule has 88 valence electrons. The summed E-state index contributed by atoms with van der Waals surface area (Å²) in [5.41, 5.74) is 5.60. The van der Waals surface area contributed by atoms with Crippen molar-refractivity contribution in [1.29, 1.82) is 0 Å². The normalized spacial score (nSPS) is 10.5. The molecule has 0 amide bonds. The molecule has 0 heterocycles. The zero-order valence-electron chi connectivity index (χ0n) is 10.7. The zero-order valence-corrected chi connectivity index (χ0v) is 10.7. The Balaban J connectivity index is 1.85. The van der Waals surface area contributed by atoms with E-state index in [4.69, 9.17) is 0 Å². The van der Waals surface area contributed by atoms with Gasteiger partial charge in [-0.05, 0) is 44.2 Å². The minimum atomic E-state index is 1.17. The van der Waals surface area contributed by atoms with Gasteiger partial charge in [-0.3, -0.25) is 0 Å². The molecule has 0 nitrogen and oxygen atoms in total. The predicted molar refractivity (Wildman–Crippen MR) is 74.4 cm³/mol. The van der Waals surface area contributed by atoms with Gasteiger partial charge in [0.15, 0.2) is 0 Å². The van der Waals surface area contributed by atoms with Crippen LogP contribution < -0.4 is 0 Å². The summed E-state index contributed by atoms with van der Waals surface area (Å²) in [6.45, 7) is 4.29. The maximum absolute atomic E-state index is 2.29. The molecule has 0 fully saturated rings. The second-order valence-corrected chi connectivity index (χ2v) is 4.83. The van der Waals surface area contributed by atoms with Gasteiger partial charge in [0, 0.05) is 0 Å². The molecule has 0 spiro atoms. The summed E-state index contributed by atoms with van der Waals surface area (Å²) in [6, 6.07) is 17.7. The Morgan fingerprint density at radius 3 is 2.12 bits per heavy atom. The van der Waals surface area contributed by atoms with E-state index in [0.29, 0.717) is 0 Å². The van der Waals surface area contributed by atoms with Crippen LogP contribution in [0.2, 0.25) is 0 Å². The van der Waals surface area contributed by atoms with Crippen molar-refractivity contribution in [2.75, 3.05) is 0 Å².